The maximum Gasteiger partial charge on any atom is 1.00 e. The van der Waals surface area contributed by atoms with Crippen LogP contribution in [0, 0.1) is 13.0 Å². The molecule has 0 aliphatic carbocycles. The second-order valence-electron chi connectivity index (χ2n) is 4.44. The molecule has 0 saturated carbocycles. The Kier molecular flexibility index (Phi) is 3.99. The molecule has 0 saturated heterocycles. The summed E-state index contributed by atoms with van der Waals surface area (Å²) in [5, 5.41) is 8.40. The van der Waals surface area contributed by atoms with E-state index >= 15 is 0 Å². The number of para-hydroxylation sites is 1. The van der Waals surface area contributed by atoms with Crippen molar-refractivity contribution in [2.45, 2.75) is 13.8 Å². The Labute approximate surface area is 124 Å². The molecule has 1 aromatic heterocycles. The normalized spacial score (nSPS) is 10.2. The molecule has 0 atom stereocenters. The smallest absolute Gasteiger partial charge is 0.296 e. The average Bonchev–Trinajstić information content (AvgIpc) is 2.82. The van der Waals surface area contributed by atoms with Gasteiger partial charge >= 0.3 is 18.9 Å². The number of nitrogens with zero attached hydrogens (tertiary/aromatic N) is 3. The first-order valence-corrected chi connectivity index (χ1v) is 5.97. The molecule has 0 spiro atoms. The molecule has 0 radical (unpaired) electrons. The van der Waals surface area contributed by atoms with E-state index in [-0.39, 0.29) is 18.9 Å². The Morgan fingerprint density at radius 1 is 1.00 bits per heavy atom. The van der Waals surface area contributed by atoms with Crippen molar-refractivity contribution in [3.05, 3.63) is 65.7 Å². The Hall–Kier alpha value is -1.69. The fourth-order valence-corrected chi connectivity index (χ4v) is 2.03. The minimum absolute atomic E-state index is 0. The summed E-state index contributed by atoms with van der Waals surface area (Å²) in [6.45, 7) is 4.15. The van der Waals surface area contributed by atoms with Crippen LogP contribution in [0.1, 0.15) is 18.1 Å². The summed E-state index contributed by atoms with van der Waals surface area (Å²) < 4.78 is 1.89. The van der Waals surface area contributed by atoms with Gasteiger partial charge < -0.3 is 0 Å². The SMILES string of the molecule is Cc1ccc([C-](C)n2nnc3ccccc32)cc1.[Li+]. The predicted octanol–water partition coefficient (Wildman–Crippen LogP) is 0.192. The van der Waals surface area contributed by atoms with Gasteiger partial charge in [-0.3, -0.25) is 4.68 Å². The van der Waals surface area contributed by atoms with E-state index in [1.165, 1.54) is 5.56 Å². The summed E-state index contributed by atoms with van der Waals surface area (Å²) in [6, 6.07) is 17.5. The van der Waals surface area contributed by atoms with Crippen LogP contribution in [0.5, 0.6) is 0 Å². The topological polar surface area (TPSA) is 30.7 Å². The number of aryl methyl sites for hydroxylation is 1. The van der Waals surface area contributed by atoms with Crippen molar-refractivity contribution < 1.29 is 18.9 Å². The maximum absolute atomic E-state index is 4.22. The molecule has 19 heavy (non-hydrogen) atoms. The molecule has 0 amide bonds. The van der Waals surface area contributed by atoms with Crippen molar-refractivity contribution in [1.82, 2.24) is 15.0 Å². The third-order valence-electron chi connectivity index (χ3n) is 3.14. The minimum atomic E-state index is 0. The summed E-state index contributed by atoms with van der Waals surface area (Å²) >= 11 is 0. The third kappa shape index (κ3) is 2.53. The molecule has 0 fully saturated rings. The monoisotopic (exact) mass is 243 g/mol. The second-order valence-corrected chi connectivity index (χ2v) is 4.44. The Bertz CT molecular complexity index is 673. The van der Waals surface area contributed by atoms with Gasteiger partial charge in [-0.05, 0) is 19.0 Å². The van der Waals surface area contributed by atoms with Gasteiger partial charge in [-0.25, -0.2) is 0 Å². The van der Waals surface area contributed by atoms with E-state index in [1.807, 2.05) is 28.9 Å². The zero-order valence-corrected chi connectivity index (χ0v) is 11.5. The molecule has 90 valence electrons. The minimum Gasteiger partial charge on any atom is -0.296 e. The standard InChI is InChI=1S/C15H14N3.Li/c1-11-7-9-13(10-8-11)12(2)18-15-6-4-3-5-14(15)16-17-18;/h3-10H,1-2H3;/q-1;+1. The van der Waals surface area contributed by atoms with Crippen LogP contribution >= 0.6 is 0 Å². The van der Waals surface area contributed by atoms with Crippen LogP contribution in [-0.4, -0.2) is 15.0 Å². The van der Waals surface area contributed by atoms with E-state index in [9.17, 15) is 0 Å². The van der Waals surface area contributed by atoms with E-state index in [1.54, 1.807) is 0 Å². The van der Waals surface area contributed by atoms with Crippen LogP contribution in [0.15, 0.2) is 48.5 Å². The number of hydrogen-bond acceptors (Lipinski definition) is 2. The zero-order chi connectivity index (χ0) is 12.5. The van der Waals surface area contributed by atoms with E-state index in [0.29, 0.717) is 0 Å². The number of rotatable bonds is 2. The Morgan fingerprint density at radius 2 is 1.68 bits per heavy atom. The molecule has 1 heterocycles. The molecule has 0 aliphatic heterocycles. The number of hydrogen-bond donors (Lipinski definition) is 0. The quantitative estimate of drug-likeness (QED) is 0.475. The average molecular weight is 243 g/mol. The largest absolute Gasteiger partial charge is 1.00 e. The van der Waals surface area contributed by atoms with Gasteiger partial charge in [0, 0.05) is 5.52 Å². The van der Waals surface area contributed by atoms with Gasteiger partial charge in [-0.1, -0.05) is 35.9 Å². The van der Waals surface area contributed by atoms with E-state index in [4.69, 9.17) is 0 Å². The van der Waals surface area contributed by atoms with Crippen LogP contribution in [0.2, 0.25) is 0 Å². The van der Waals surface area contributed by atoms with Crippen molar-refractivity contribution in [2.75, 3.05) is 0 Å². The molecule has 0 aliphatic rings. The fraction of sp³-hybridized carbons (Fsp3) is 0.133. The summed E-state index contributed by atoms with van der Waals surface area (Å²) in [7, 11) is 0. The number of aromatic nitrogens is 3. The van der Waals surface area contributed by atoms with Crippen LogP contribution < -0.4 is 18.9 Å². The van der Waals surface area contributed by atoms with Crippen LogP contribution in [0.3, 0.4) is 0 Å². The molecule has 3 nitrogen and oxygen atoms in total. The summed E-state index contributed by atoms with van der Waals surface area (Å²) in [6.07, 6.45) is 0. The number of fused-ring (bicyclic) bond motifs is 1. The Balaban J connectivity index is 0.00000133. The van der Waals surface area contributed by atoms with Gasteiger partial charge in [0.1, 0.15) is 0 Å². The van der Waals surface area contributed by atoms with Crippen LogP contribution in [0.4, 0.5) is 0 Å². The number of benzene rings is 2. The first-order chi connectivity index (χ1) is 8.75. The first kappa shape index (κ1) is 13.7. The zero-order valence-electron chi connectivity index (χ0n) is 11.5. The van der Waals surface area contributed by atoms with Gasteiger partial charge in [0.2, 0.25) is 0 Å². The van der Waals surface area contributed by atoms with Crippen molar-refractivity contribution in [3.8, 4) is 0 Å². The van der Waals surface area contributed by atoms with E-state index in [2.05, 4.69) is 48.4 Å². The van der Waals surface area contributed by atoms with Crippen molar-refractivity contribution in [1.29, 1.82) is 0 Å². The van der Waals surface area contributed by atoms with Crippen LogP contribution in [-0.2, 0) is 0 Å². The molecular weight excluding hydrogens is 229 g/mol. The molecule has 4 heteroatoms. The third-order valence-corrected chi connectivity index (χ3v) is 3.14. The maximum atomic E-state index is 4.22. The molecule has 0 unspecified atom stereocenters. The summed E-state index contributed by atoms with van der Waals surface area (Å²) in [5.74, 6) is 0. The van der Waals surface area contributed by atoms with E-state index in [0.717, 1.165) is 22.6 Å². The van der Waals surface area contributed by atoms with Crippen molar-refractivity contribution >= 4 is 11.0 Å². The molecule has 2 aromatic carbocycles. The molecular formula is C15H14LiN3. The molecule has 0 bridgehead atoms. The Morgan fingerprint density at radius 3 is 2.42 bits per heavy atom. The second kappa shape index (κ2) is 5.52. The van der Waals surface area contributed by atoms with E-state index < -0.39 is 0 Å². The van der Waals surface area contributed by atoms with Gasteiger partial charge in [0.05, 0.1) is 5.52 Å². The van der Waals surface area contributed by atoms with Crippen molar-refractivity contribution in [2.24, 2.45) is 0 Å². The molecule has 3 aromatic rings. The fourth-order valence-electron chi connectivity index (χ4n) is 2.03. The molecule has 0 N–H and O–H groups in total. The van der Waals surface area contributed by atoms with Crippen LogP contribution in [0.25, 0.3) is 11.0 Å². The molecule has 3 rings (SSSR count). The first-order valence-electron chi connectivity index (χ1n) is 5.97. The van der Waals surface area contributed by atoms with Gasteiger partial charge in [0.15, 0.2) is 0 Å². The van der Waals surface area contributed by atoms with Gasteiger partial charge in [-0.2, -0.15) is 0 Å². The predicted molar refractivity (Wildman–Crippen MR) is 72.1 cm³/mol. The van der Waals surface area contributed by atoms with Gasteiger partial charge in [0.25, 0.3) is 0 Å². The van der Waals surface area contributed by atoms with Crippen molar-refractivity contribution in [3.63, 3.8) is 0 Å². The summed E-state index contributed by atoms with van der Waals surface area (Å²) in [4.78, 5) is 0. The van der Waals surface area contributed by atoms with Gasteiger partial charge in [-0.15, -0.1) is 34.9 Å². The summed E-state index contributed by atoms with van der Waals surface area (Å²) in [5.41, 5.74) is 4.38.